The van der Waals surface area contributed by atoms with E-state index in [1.807, 2.05) is 54.6 Å². The molecule has 1 aromatic rings. The molecule has 10 heteroatoms. The molecule has 1 aromatic carbocycles. The van der Waals surface area contributed by atoms with Gasteiger partial charge in [-0.05, 0) is 12.1 Å². The molecule has 3 amide bonds. The van der Waals surface area contributed by atoms with Crippen LogP contribution >= 0.6 is 0 Å². The lowest BCUT2D eigenvalue weighted by Gasteiger charge is -2.36. The van der Waals surface area contributed by atoms with Gasteiger partial charge in [-0.15, -0.1) is 0 Å². The molecule has 6 rings (SSSR count). The summed E-state index contributed by atoms with van der Waals surface area (Å²) < 4.78 is 12.1. The molecule has 1 unspecified atom stereocenters. The van der Waals surface area contributed by atoms with E-state index in [0.29, 0.717) is 39.4 Å². The summed E-state index contributed by atoms with van der Waals surface area (Å²) >= 11 is 0. The van der Waals surface area contributed by atoms with Gasteiger partial charge in [-0.3, -0.25) is 19.3 Å². The normalized spacial score (nSPS) is 33.3. The van der Waals surface area contributed by atoms with Gasteiger partial charge in [-0.1, -0.05) is 42.5 Å². The third-order valence-electron chi connectivity index (χ3n) is 8.44. The Morgan fingerprint density at radius 3 is 2.47 bits per heavy atom. The van der Waals surface area contributed by atoms with Gasteiger partial charge < -0.3 is 29.3 Å². The van der Waals surface area contributed by atoms with Gasteiger partial charge in [0.25, 0.3) is 0 Å². The van der Waals surface area contributed by atoms with Crippen LogP contribution in [0.3, 0.4) is 0 Å². The first-order valence-electron chi connectivity index (χ1n) is 13.4. The van der Waals surface area contributed by atoms with E-state index in [1.165, 1.54) is 4.90 Å². The fraction of sp³-hybridized carbons (Fsp3) is 0.536. The van der Waals surface area contributed by atoms with Gasteiger partial charge in [-0.2, -0.15) is 0 Å². The van der Waals surface area contributed by atoms with E-state index in [1.54, 1.807) is 9.80 Å². The standard InChI is InChI=1S/C28H34N4O6/c33-17-14-32-24-27(36)30(13-12-29-15-18-37-19-16-29)10-5-9-28(24)23(26(32)35)22-21(38-28)8-4-11-31(25(22)34)20-6-2-1-3-7-20/h1-9,21-24,33H,10-19H2/t21-,22+,23-,24?,28-/m0/s1. The van der Waals surface area contributed by atoms with Gasteiger partial charge in [0.15, 0.2) is 0 Å². The SMILES string of the molecule is O=C1C2N(CCO)C(=O)[C@@H]3[C@@H]4C(=O)N(c5ccccc5)CC=C[C@@H]4O[C@]23C=CCN1CCN1CCOCC1. The molecule has 5 atom stereocenters. The number of hydrogen-bond donors (Lipinski definition) is 1. The molecule has 5 aliphatic rings. The zero-order chi connectivity index (χ0) is 26.3. The lowest BCUT2D eigenvalue weighted by Crippen LogP contribution is -2.56. The minimum atomic E-state index is -1.27. The second-order valence-corrected chi connectivity index (χ2v) is 10.5. The second kappa shape index (κ2) is 10.3. The summed E-state index contributed by atoms with van der Waals surface area (Å²) in [6.45, 7) is 4.71. The number of likely N-dealkylation sites (tertiary alicyclic amines) is 1. The number of anilines is 1. The van der Waals surface area contributed by atoms with Crippen LogP contribution in [-0.4, -0.2) is 121 Å². The summed E-state index contributed by atoms with van der Waals surface area (Å²) in [5.74, 6) is -2.35. The first-order chi connectivity index (χ1) is 18.5. The lowest BCUT2D eigenvalue weighted by atomic mass is 9.77. The van der Waals surface area contributed by atoms with Crippen LogP contribution in [0, 0.1) is 11.8 Å². The molecule has 0 aromatic heterocycles. The number of para-hydroxylation sites is 1. The highest BCUT2D eigenvalue weighted by Crippen LogP contribution is 2.53. The number of carbonyl (C=O) groups excluding carboxylic acids is 3. The summed E-state index contributed by atoms with van der Waals surface area (Å²) in [5.41, 5.74) is -0.522. The number of ether oxygens (including phenoxy) is 2. The maximum absolute atomic E-state index is 14.1. The Morgan fingerprint density at radius 1 is 0.921 bits per heavy atom. The van der Waals surface area contributed by atoms with Crippen LogP contribution in [0.5, 0.6) is 0 Å². The molecule has 5 aliphatic heterocycles. The fourth-order valence-corrected chi connectivity index (χ4v) is 6.66. The number of fused-ring (bicyclic) bond motifs is 2. The van der Waals surface area contributed by atoms with Crippen LogP contribution in [-0.2, 0) is 23.9 Å². The molecule has 0 bridgehead atoms. The number of nitrogens with zero attached hydrogens (tertiary/aromatic N) is 4. The van der Waals surface area contributed by atoms with Crippen LogP contribution in [0.25, 0.3) is 0 Å². The highest BCUT2D eigenvalue weighted by molar-refractivity contribution is 6.03. The predicted octanol–water partition coefficient (Wildman–Crippen LogP) is -0.107. The molecule has 0 radical (unpaired) electrons. The zero-order valence-corrected chi connectivity index (χ0v) is 21.4. The van der Waals surface area contributed by atoms with Crippen LogP contribution in [0.15, 0.2) is 54.6 Å². The molecular formula is C28H34N4O6. The molecule has 5 heterocycles. The average molecular weight is 523 g/mol. The topological polar surface area (TPSA) is 103 Å². The van der Waals surface area contributed by atoms with Crippen LogP contribution in [0.2, 0.25) is 0 Å². The monoisotopic (exact) mass is 522 g/mol. The zero-order valence-electron chi connectivity index (χ0n) is 21.4. The molecule has 1 spiro atoms. The Bertz CT molecular complexity index is 1140. The number of benzene rings is 1. The van der Waals surface area contributed by atoms with Crippen molar-refractivity contribution < 1.29 is 29.0 Å². The summed E-state index contributed by atoms with van der Waals surface area (Å²) in [5, 5.41) is 9.83. The number of rotatable bonds is 6. The van der Waals surface area contributed by atoms with Crippen molar-refractivity contribution in [3.05, 3.63) is 54.6 Å². The number of carbonyl (C=O) groups is 3. The predicted molar refractivity (Wildman–Crippen MR) is 138 cm³/mol. The fourth-order valence-electron chi connectivity index (χ4n) is 6.66. The minimum Gasteiger partial charge on any atom is -0.395 e. The van der Waals surface area contributed by atoms with E-state index in [0.717, 1.165) is 18.8 Å². The third-order valence-corrected chi connectivity index (χ3v) is 8.44. The summed E-state index contributed by atoms with van der Waals surface area (Å²) in [7, 11) is 0. The molecule has 10 nitrogen and oxygen atoms in total. The Kier molecular flexibility index (Phi) is 6.81. The van der Waals surface area contributed by atoms with E-state index in [4.69, 9.17) is 9.47 Å². The van der Waals surface area contributed by atoms with Crippen LogP contribution < -0.4 is 4.90 Å². The second-order valence-electron chi connectivity index (χ2n) is 10.5. The largest absolute Gasteiger partial charge is 0.395 e. The van der Waals surface area contributed by atoms with Crippen molar-refractivity contribution in [2.75, 3.05) is 70.5 Å². The number of morpholine rings is 1. The van der Waals surface area contributed by atoms with Gasteiger partial charge in [0.05, 0.1) is 37.8 Å². The number of hydrogen-bond acceptors (Lipinski definition) is 7. The summed E-state index contributed by atoms with van der Waals surface area (Å²) in [6, 6.07) is 8.45. The quantitative estimate of drug-likeness (QED) is 0.521. The minimum absolute atomic E-state index is 0.00576. The van der Waals surface area contributed by atoms with Gasteiger partial charge in [0.2, 0.25) is 17.7 Å². The Morgan fingerprint density at radius 2 is 1.71 bits per heavy atom. The van der Waals surface area contributed by atoms with Crippen molar-refractivity contribution in [1.82, 2.24) is 14.7 Å². The average Bonchev–Trinajstić information content (AvgIpc) is 3.24. The Balaban J connectivity index is 1.32. The van der Waals surface area contributed by atoms with Crippen LogP contribution in [0.1, 0.15) is 0 Å². The number of amides is 3. The molecule has 3 saturated heterocycles. The van der Waals surface area contributed by atoms with Crippen molar-refractivity contribution >= 4 is 23.4 Å². The van der Waals surface area contributed by atoms with Crippen molar-refractivity contribution in [3.63, 3.8) is 0 Å². The summed E-state index contributed by atoms with van der Waals surface area (Å²) in [6.07, 6.45) is 6.87. The van der Waals surface area contributed by atoms with E-state index >= 15 is 0 Å². The van der Waals surface area contributed by atoms with E-state index in [2.05, 4.69) is 4.90 Å². The van der Waals surface area contributed by atoms with Gasteiger partial charge in [0.1, 0.15) is 11.6 Å². The van der Waals surface area contributed by atoms with E-state index in [-0.39, 0.29) is 30.9 Å². The van der Waals surface area contributed by atoms with Crippen molar-refractivity contribution in [2.24, 2.45) is 11.8 Å². The van der Waals surface area contributed by atoms with Crippen molar-refractivity contribution in [3.8, 4) is 0 Å². The molecule has 1 N–H and O–H groups in total. The maximum Gasteiger partial charge on any atom is 0.249 e. The first kappa shape index (κ1) is 25.2. The molecule has 202 valence electrons. The third kappa shape index (κ3) is 4.07. The number of β-amino-alcohol motifs (C(OH)–C–C–N with tert-alkyl or cyclic N) is 1. The number of aliphatic hydroxyl groups is 1. The highest BCUT2D eigenvalue weighted by atomic mass is 16.5. The number of aliphatic hydroxyl groups excluding tert-OH is 1. The molecule has 0 saturated carbocycles. The Hall–Kier alpha value is -3.05. The Labute approximate surface area is 222 Å². The van der Waals surface area contributed by atoms with Crippen LogP contribution in [0.4, 0.5) is 5.69 Å². The molecular weight excluding hydrogens is 488 g/mol. The van der Waals surface area contributed by atoms with E-state index < -0.39 is 29.6 Å². The maximum atomic E-state index is 14.1. The van der Waals surface area contributed by atoms with E-state index in [9.17, 15) is 19.5 Å². The lowest BCUT2D eigenvalue weighted by molar-refractivity contribution is -0.147. The molecule has 0 aliphatic carbocycles. The van der Waals surface area contributed by atoms with Crippen molar-refractivity contribution in [2.45, 2.75) is 17.7 Å². The highest BCUT2D eigenvalue weighted by Gasteiger charge is 2.71. The summed E-state index contributed by atoms with van der Waals surface area (Å²) in [4.78, 5) is 49.2. The van der Waals surface area contributed by atoms with Gasteiger partial charge in [-0.25, -0.2) is 0 Å². The first-order valence-corrected chi connectivity index (χ1v) is 13.4. The molecule has 38 heavy (non-hydrogen) atoms. The van der Waals surface area contributed by atoms with Crippen molar-refractivity contribution in [1.29, 1.82) is 0 Å². The smallest absolute Gasteiger partial charge is 0.249 e. The van der Waals surface area contributed by atoms with Gasteiger partial charge in [0, 0.05) is 51.5 Å². The molecule has 3 fully saturated rings. The van der Waals surface area contributed by atoms with Gasteiger partial charge >= 0.3 is 0 Å².